The lowest BCUT2D eigenvalue weighted by molar-refractivity contribution is 0.0696. The van der Waals surface area contributed by atoms with Crippen LogP contribution in [0.3, 0.4) is 0 Å². The number of aromatic carboxylic acids is 1. The van der Waals surface area contributed by atoms with Gasteiger partial charge in [0.25, 0.3) is 0 Å². The molecule has 0 spiro atoms. The highest BCUT2D eigenvalue weighted by atomic mass is 79.9. The number of carboxylic acids is 1. The van der Waals surface area contributed by atoms with E-state index in [2.05, 4.69) is 15.9 Å². The Morgan fingerprint density at radius 1 is 1.69 bits per heavy atom. The topological polar surface area (TPSA) is 63.3 Å². The van der Waals surface area contributed by atoms with Gasteiger partial charge in [-0.3, -0.25) is 0 Å². The number of benzene rings is 1. The summed E-state index contributed by atoms with van der Waals surface area (Å²) in [4.78, 5) is 10.6. The van der Waals surface area contributed by atoms with Gasteiger partial charge in [-0.2, -0.15) is 0 Å². The largest absolute Gasteiger partial charge is 0.478 e. The summed E-state index contributed by atoms with van der Waals surface area (Å²) in [6.45, 7) is 1.46. The number of hydrogen-bond donors (Lipinski definition) is 2. The molecule has 0 atom stereocenters. The van der Waals surface area contributed by atoms with Crippen molar-refractivity contribution in [3.63, 3.8) is 0 Å². The highest BCUT2D eigenvalue weighted by Crippen LogP contribution is 2.29. The predicted octanol–water partition coefficient (Wildman–Crippen LogP) is 2.18. The normalized spacial score (nSPS) is 10.1. The number of nitrogens with two attached hydrogens (primary N) is 1. The van der Waals surface area contributed by atoms with Gasteiger partial charge in [-0.1, -0.05) is 0 Å². The first-order valence-corrected chi connectivity index (χ1v) is 4.21. The molecule has 0 aromatic heterocycles. The van der Waals surface area contributed by atoms with Crippen LogP contribution in [0.1, 0.15) is 15.9 Å². The average molecular weight is 248 g/mol. The summed E-state index contributed by atoms with van der Waals surface area (Å²) in [6, 6.07) is 1.23. The average Bonchev–Trinajstić information content (AvgIpc) is 2.07. The molecule has 70 valence electrons. The van der Waals surface area contributed by atoms with Crippen LogP contribution in [0.25, 0.3) is 0 Å². The molecule has 13 heavy (non-hydrogen) atoms. The molecule has 0 radical (unpaired) electrons. The Bertz CT molecular complexity index is 379. The minimum absolute atomic E-state index is 0.0311. The fourth-order valence-electron chi connectivity index (χ4n) is 0.953. The molecule has 0 saturated heterocycles. The second-order valence-corrected chi connectivity index (χ2v) is 3.38. The van der Waals surface area contributed by atoms with E-state index in [1.807, 2.05) is 0 Å². The van der Waals surface area contributed by atoms with E-state index < -0.39 is 11.8 Å². The molecule has 0 bridgehead atoms. The van der Waals surface area contributed by atoms with Gasteiger partial charge in [-0.15, -0.1) is 0 Å². The van der Waals surface area contributed by atoms with Crippen LogP contribution in [0.4, 0.5) is 10.1 Å². The molecule has 0 aliphatic heterocycles. The van der Waals surface area contributed by atoms with Crippen LogP contribution < -0.4 is 5.73 Å². The van der Waals surface area contributed by atoms with Crippen LogP contribution in [0.5, 0.6) is 0 Å². The van der Waals surface area contributed by atoms with Crippen molar-refractivity contribution in [2.24, 2.45) is 0 Å². The Morgan fingerprint density at radius 2 is 2.23 bits per heavy atom. The Hall–Kier alpha value is -1.10. The lowest BCUT2D eigenvalue weighted by atomic mass is 10.1. The summed E-state index contributed by atoms with van der Waals surface area (Å²) in [6.07, 6.45) is 0. The molecule has 1 aromatic carbocycles. The molecule has 0 aliphatic carbocycles. The van der Waals surface area contributed by atoms with Crippen molar-refractivity contribution in [2.75, 3.05) is 5.73 Å². The Morgan fingerprint density at radius 3 is 2.69 bits per heavy atom. The van der Waals surface area contributed by atoms with Gasteiger partial charge in [-0.05, 0) is 34.5 Å². The number of hydrogen-bond acceptors (Lipinski definition) is 2. The van der Waals surface area contributed by atoms with Crippen LogP contribution in [-0.2, 0) is 0 Å². The molecule has 0 saturated carbocycles. The van der Waals surface area contributed by atoms with Gasteiger partial charge in [0.15, 0.2) is 0 Å². The van der Waals surface area contributed by atoms with Crippen molar-refractivity contribution in [1.29, 1.82) is 0 Å². The minimum atomic E-state index is -1.14. The maximum absolute atomic E-state index is 13.1. The number of aryl methyl sites for hydroxylation is 1. The van der Waals surface area contributed by atoms with Gasteiger partial charge in [0.2, 0.25) is 0 Å². The number of carboxylic acid groups (broad SMARTS) is 1. The third-order valence-corrected chi connectivity index (χ3v) is 2.50. The van der Waals surface area contributed by atoms with Crippen molar-refractivity contribution < 1.29 is 14.3 Å². The summed E-state index contributed by atoms with van der Waals surface area (Å²) in [5, 5.41) is 8.70. The Labute approximate surface area is 82.5 Å². The molecule has 0 fully saturated rings. The van der Waals surface area contributed by atoms with E-state index in [4.69, 9.17) is 10.8 Å². The van der Waals surface area contributed by atoms with Crippen molar-refractivity contribution in [3.8, 4) is 0 Å². The molecule has 5 heteroatoms. The van der Waals surface area contributed by atoms with E-state index in [-0.39, 0.29) is 21.3 Å². The molecule has 3 N–H and O–H groups in total. The van der Waals surface area contributed by atoms with Crippen molar-refractivity contribution in [1.82, 2.24) is 0 Å². The maximum Gasteiger partial charge on any atom is 0.336 e. The highest BCUT2D eigenvalue weighted by molar-refractivity contribution is 9.10. The van der Waals surface area contributed by atoms with E-state index in [0.29, 0.717) is 0 Å². The second kappa shape index (κ2) is 3.33. The molecule has 0 unspecified atom stereocenters. The third kappa shape index (κ3) is 1.65. The number of rotatable bonds is 1. The van der Waals surface area contributed by atoms with Crippen LogP contribution in [0.15, 0.2) is 10.5 Å². The maximum atomic E-state index is 13.1. The monoisotopic (exact) mass is 247 g/mol. The number of halogens is 2. The van der Waals surface area contributed by atoms with Gasteiger partial charge in [0.1, 0.15) is 5.82 Å². The van der Waals surface area contributed by atoms with Crippen molar-refractivity contribution in [3.05, 3.63) is 27.5 Å². The van der Waals surface area contributed by atoms with E-state index in [9.17, 15) is 9.18 Å². The first-order valence-electron chi connectivity index (χ1n) is 3.42. The summed E-state index contributed by atoms with van der Waals surface area (Å²) in [5.74, 6) is -1.72. The van der Waals surface area contributed by atoms with E-state index in [1.54, 1.807) is 0 Å². The zero-order chi connectivity index (χ0) is 10.2. The van der Waals surface area contributed by atoms with E-state index in [0.717, 1.165) is 0 Å². The number of nitrogen functional groups attached to an aromatic ring is 1. The molecular weight excluding hydrogens is 241 g/mol. The third-order valence-electron chi connectivity index (χ3n) is 1.65. The Balaban J connectivity index is 3.50. The summed E-state index contributed by atoms with van der Waals surface area (Å²) in [7, 11) is 0. The minimum Gasteiger partial charge on any atom is -0.478 e. The number of anilines is 1. The van der Waals surface area contributed by atoms with Gasteiger partial charge >= 0.3 is 5.97 Å². The predicted molar refractivity (Wildman–Crippen MR) is 50.2 cm³/mol. The lowest BCUT2D eigenvalue weighted by Gasteiger charge is -2.06. The van der Waals surface area contributed by atoms with Crippen LogP contribution >= 0.6 is 15.9 Å². The van der Waals surface area contributed by atoms with Crippen molar-refractivity contribution >= 4 is 27.6 Å². The van der Waals surface area contributed by atoms with Gasteiger partial charge in [0, 0.05) is 0 Å². The summed E-state index contributed by atoms with van der Waals surface area (Å²) in [5.41, 5.74) is 5.36. The SMILES string of the molecule is Cc1cc(C(=O)O)c(Br)c(N)c1F. The lowest BCUT2D eigenvalue weighted by Crippen LogP contribution is -2.04. The molecule has 1 aromatic rings. The zero-order valence-corrected chi connectivity index (χ0v) is 8.35. The molecule has 0 amide bonds. The molecular formula is C8H7BrFNO2. The van der Waals surface area contributed by atoms with Crippen LogP contribution in [0, 0.1) is 12.7 Å². The molecule has 0 heterocycles. The summed E-state index contributed by atoms with van der Waals surface area (Å²) < 4.78 is 13.2. The number of carbonyl (C=O) groups is 1. The fourth-order valence-corrected chi connectivity index (χ4v) is 1.41. The molecule has 1 rings (SSSR count). The van der Waals surface area contributed by atoms with Gasteiger partial charge in [0.05, 0.1) is 15.7 Å². The second-order valence-electron chi connectivity index (χ2n) is 2.59. The molecule has 0 aliphatic rings. The zero-order valence-electron chi connectivity index (χ0n) is 6.77. The van der Waals surface area contributed by atoms with Gasteiger partial charge in [-0.25, -0.2) is 9.18 Å². The van der Waals surface area contributed by atoms with E-state index >= 15 is 0 Å². The highest BCUT2D eigenvalue weighted by Gasteiger charge is 2.16. The first kappa shape index (κ1) is 9.98. The van der Waals surface area contributed by atoms with Crippen LogP contribution in [0.2, 0.25) is 0 Å². The van der Waals surface area contributed by atoms with Crippen LogP contribution in [-0.4, -0.2) is 11.1 Å². The fraction of sp³-hybridized carbons (Fsp3) is 0.125. The smallest absolute Gasteiger partial charge is 0.336 e. The standard InChI is InChI=1S/C8H7BrFNO2/c1-3-2-4(8(12)13)5(9)7(11)6(3)10/h2H,11H2,1H3,(H,12,13). The van der Waals surface area contributed by atoms with Gasteiger partial charge < -0.3 is 10.8 Å². The quantitative estimate of drug-likeness (QED) is 0.748. The van der Waals surface area contributed by atoms with Crippen molar-refractivity contribution in [2.45, 2.75) is 6.92 Å². The summed E-state index contributed by atoms with van der Waals surface area (Å²) >= 11 is 2.92. The molecule has 3 nitrogen and oxygen atoms in total. The van der Waals surface area contributed by atoms with E-state index in [1.165, 1.54) is 13.0 Å². The first-order chi connectivity index (χ1) is 5.95. The Kier molecular flexibility index (Phi) is 2.56.